The second-order valence-electron chi connectivity index (χ2n) is 6.18. The third-order valence-electron chi connectivity index (χ3n) is 2.99. The Morgan fingerprint density at radius 3 is 2.40 bits per heavy atom. The Morgan fingerprint density at radius 2 is 1.85 bits per heavy atom. The van der Waals surface area contributed by atoms with Crippen LogP contribution < -0.4 is 5.32 Å². The van der Waals surface area contributed by atoms with Gasteiger partial charge in [-0.1, -0.05) is 20.8 Å². The van der Waals surface area contributed by atoms with E-state index in [2.05, 4.69) is 31.2 Å². The van der Waals surface area contributed by atoms with Gasteiger partial charge in [-0.05, 0) is 19.4 Å². The van der Waals surface area contributed by atoms with E-state index in [0.717, 1.165) is 11.3 Å². The lowest BCUT2D eigenvalue weighted by Crippen LogP contribution is -2.20. The van der Waals surface area contributed by atoms with Crippen molar-refractivity contribution in [2.45, 2.75) is 58.2 Å². The summed E-state index contributed by atoms with van der Waals surface area (Å²) < 4.78 is 37.7. The molecular weight excluding hydrogens is 267 g/mol. The SMILES string of the molecule is Cn1cc(CNCCCCC(F)(F)F)c(C(C)(C)C)n1. The minimum atomic E-state index is -4.04. The van der Waals surface area contributed by atoms with Gasteiger partial charge in [0.05, 0.1) is 5.69 Å². The monoisotopic (exact) mass is 291 g/mol. The maximum Gasteiger partial charge on any atom is 0.389 e. The van der Waals surface area contributed by atoms with Crippen LogP contribution in [0.15, 0.2) is 6.20 Å². The number of halogens is 3. The summed E-state index contributed by atoms with van der Waals surface area (Å²) in [6, 6.07) is 0. The van der Waals surface area contributed by atoms with Crippen LogP contribution in [0.3, 0.4) is 0 Å². The fraction of sp³-hybridized carbons (Fsp3) is 0.786. The molecule has 6 heteroatoms. The minimum absolute atomic E-state index is 0.0332. The molecule has 0 spiro atoms. The van der Waals surface area contributed by atoms with E-state index in [4.69, 9.17) is 0 Å². The summed E-state index contributed by atoms with van der Waals surface area (Å²) in [5.74, 6) is 0. The molecule has 0 saturated heterocycles. The number of nitrogens with one attached hydrogen (secondary N) is 1. The molecule has 3 nitrogen and oxygen atoms in total. The number of unbranched alkanes of at least 4 members (excludes halogenated alkanes) is 1. The molecule has 0 atom stereocenters. The molecule has 0 bridgehead atoms. The van der Waals surface area contributed by atoms with Crippen LogP contribution in [-0.2, 0) is 19.0 Å². The molecule has 116 valence electrons. The average molecular weight is 291 g/mol. The van der Waals surface area contributed by atoms with Gasteiger partial charge in [-0.3, -0.25) is 4.68 Å². The van der Waals surface area contributed by atoms with Crippen molar-refractivity contribution < 1.29 is 13.2 Å². The van der Waals surface area contributed by atoms with Crippen molar-refractivity contribution in [3.05, 3.63) is 17.5 Å². The minimum Gasteiger partial charge on any atom is -0.313 e. The average Bonchev–Trinajstić information content (AvgIpc) is 2.63. The number of rotatable bonds is 6. The van der Waals surface area contributed by atoms with Gasteiger partial charge < -0.3 is 5.32 Å². The van der Waals surface area contributed by atoms with Gasteiger partial charge in [-0.15, -0.1) is 0 Å². The summed E-state index contributed by atoms with van der Waals surface area (Å²) in [6.45, 7) is 7.54. The fourth-order valence-electron chi connectivity index (χ4n) is 2.10. The maximum absolute atomic E-state index is 12.0. The Balaban J connectivity index is 2.36. The molecule has 0 amide bonds. The first-order valence-electron chi connectivity index (χ1n) is 6.90. The van der Waals surface area contributed by atoms with E-state index in [1.165, 1.54) is 0 Å². The molecule has 0 aliphatic carbocycles. The highest BCUT2D eigenvalue weighted by molar-refractivity contribution is 5.23. The van der Waals surface area contributed by atoms with Crippen molar-refractivity contribution in [3.8, 4) is 0 Å². The summed E-state index contributed by atoms with van der Waals surface area (Å²) in [5, 5.41) is 7.65. The molecule has 0 fully saturated rings. The van der Waals surface area contributed by atoms with Crippen LogP contribution in [0.4, 0.5) is 13.2 Å². The normalized spacial score (nSPS) is 12.9. The van der Waals surface area contributed by atoms with Crippen molar-refractivity contribution in [3.63, 3.8) is 0 Å². The maximum atomic E-state index is 12.0. The summed E-state index contributed by atoms with van der Waals surface area (Å²) in [6.07, 6.45) is -2.07. The summed E-state index contributed by atoms with van der Waals surface area (Å²) >= 11 is 0. The molecule has 0 aliphatic rings. The van der Waals surface area contributed by atoms with E-state index >= 15 is 0 Å². The van der Waals surface area contributed by atoms with Gasteiger partial charge in [-0.25, -0.2) is 0 Å². The van der Waals surface area contributed by atoms with Crippen molar-refractivity contribution in [1.29, 1.82) is 0 Å². The molecule has 0 unspecified atom stereocenters. The molecule has 1 heterocycles. The van der Waals surface area contributed by atoms with Gasteiger partial charge in [-0.2, -0.15) is 18.3 Å². The summed E-state index contributed by atoms with van der Waals surface area (Å²) in [4.78, 5) is 0. The lowest BCUT2D eigenvalue weighted by atomic mass is 9.89. The zero-order valence-corrected chi connectivity index (χ0v) is 12.6. The van der Waals surface area contributed by atoms with Crippen LogP contribution in [-0.4, -0.2) is 22.5 Å². The van der Waals surface area contributed by atoms with E-state index < -0.39 is 12.6 Å². The highest BCUT2D eigenvalue weighted by Gasteiger charge is 2.25. The largest absolute Gasteiger partial charge is 0.389 e. The summed E-state index contributed by atoms with van der Waals surface area (Å²) in [7, 11) is 1.88. The lowest BCUT2D eigenvalue weighted by molar-refractivity contribution is -0.135. The molecule has 1 N–H and O–H groups in total. The first-order valence-corrected chi connectivity index (χ1v) is 6.90. The number of alkyl halides is 3. The Labute approximate surface area is 118 Å². The highest BCUT2D eigenvalue weighted by atomic mass is 19.4. The molecular formula is C14H24F3N3. The topological polar surface area (TPSA) is 29.9 Å². The Kier molecular flexibility index (Phi) is 5.62. The highest BCUT2D eigenvalue weighted by Crippen LogP contribution is 2.24. The number of aromatic nitrogens is 2. The van der Waals surface area contributed by atoms with Crippen LogP contribution in [0.1, 0.15) is 51.3 Å². The van der Waals surface area contributed by atoms with Crippen LogP contribution in [0.5, 0.6) is 0 Å². The van der Waals surface area contributed by atoms with Crippen molar-refractivity contribution >= 4 is 0 Å². The number of aryl methyl sites for hydroxylation is 1. The predicted molar refractivity (Wildman–Crippen MR) is 73.5 cm³/mol. The zero-order chi connectivity index (χ0) is 15.4. The van der Waals surface area contributed by atoms with Crippen LogP contribution >= 0.6 is 0 Å². The van der Waals surface area contributed by atoms with Gasteiger partial charge in [0.1, 0.15) is 0 Å². The second kappa shape index (κ2) is 6.61. The number of nitrogens with zero attached hydrogens (tertiary/aromatic N) is 2. The van der Waals surface area contributed by atoms with E-state index in [9.17, 15) is 13.2 Å². The predicted octanol–water partition coefficient (Wildman–Crippen LogP) is 3.54. The molecule has 0 aliphatic heterocycles. The van der Waals surface area contributed by atoms with Crippen molar-refractivity contribution in [2.75, 3.05) is 6.54 Å². The van der Waals surface area contributed by atoms with Crippen molar-refractivity contribution in [2.24, 2.45) is 7.05 Å². The molecule has 20 heavy (non-hydrogen) atoms. The Bertz CT molecular complexity index is 416. The van der Waals surface area contributed by atoms with Gasteiger partial charge in [0.2, 0.25) is 0 Å². The molecule has 0 saturated carbocycles. The van der Waals surface area contributed by atoms with Gasteiger partial charge in [0, 0.05) is 37.2 Å². The smallest absolute Gasteiger partial charge is 0.313 e. The van der Waals surface area contributed by atoms with Gasteiger partial charge in [0.15, 0.2) is 0 Å². The van der Waals surface area contributed by atoms with Crippen LogP contribution in [0, 0.1) is 0 Å². The molecule has 1 aromatic heterocycles. The van der Waals surface area contributed by atoms with E-state index in [1.807, 2.05) is 13.2 Å². The second-order valence-corrected chi connectivity index (χ2v) is 6.18. The Morgan fingerprint density at radius 1 is 1.20 bits per heavy atom. The third kappa shape index (κ3) is 5.94. The molecule has 1 rings (SSSR count). The van der Waals surface area contributed by atoms with Crippen LogP contribution in [0.25, 0.3) is 0 Å². The standard InChI is InChI=1S/C14H24F3N3/c1-13(2,3)12-11(10-20(4)19-12)9-18-8-6-5-7-14(15,16)17/h10,18H,5-9H2,1-4H3. The zero-order valence-electron chi connectivity index (χ0n) is 12.6. The van der Waals surface area contributed by atoms with E-state index in [1.54, 1.807) is 4.68 Å². The van der Waals surface area contributed by atoms with Gasteiger partial charge in [0.25, 0.3) is 0 Å². The summed E-state index contributed by atoms with van der Waals surface area (Å²) in [5.41, 5.74) is 2.10. The number of hydrogen-bond acceptors (Lipinski definition) is 2. The lowest BCUT2D eigenvalue weighted by Gasteiger charge is -2.17. The van der Waals surface area contributed by atoms with Crippen LogP contribution in [0.2, 0.25) is 0 Å². The Hall–Kier alpha value is -1.04. The number of hydrogen-bond donors (Lipinski definition) is 1. The quantitative estimate of drug-likeness (QED) is 0.812. The fourth-order valence-corrected chi connectivity index (χ4v) is 2.10. The van der Waals surface area contributed by atoms with E-state index in [0.29, 0.717) is 19.5 Å². The van der Waals surface area contributed by atoms with Gasteiger partial charge >= 0.3 is 6.18 Å². The molecule has 0 radical (unpaired) electrons. The first kappa shape index (κ1) is 17.0. The van der Waals surface area contributed by atoms with E-state index in [-0.39, 0.29) is 11.8 Å². The molecule has 1 aromatic rings. The molecule has 0 aromatic carbocycles. The van der Waals surface area contributed by atoms with Crippen molar-refractivity contribution in [1.82, 2.24) is 15.1 Å². The third-order valence-corrected chi connectivity index (χ3v) is 2.99. The first-order chi connectivity index (χ1) is 9.09.